The molecule has 2 N–H and O–H groups in total. The van der Waals surface area contributed by atoms with Crippen LogP contribution in [0.5, 0.6) is 0 Å². The van der Waals surface area contributed by atoms with Gasteiger partial charge >= 0.3 is 0 Å². The van der Waals surface area contributed by atoms with Crippen LogP contribution in [0.15, 0.2) is 12.5 Å². The highest BCUT2D eigenvalue weighted by Crippen LogP contribution is 2.44. The molecule has 0 aromatic carbocycles. The van der Waals surface area contributed by atoms with Gasteiger partial charge in [-0.05, 0) is 32.0 Å². The fourth-order valence-electron chi connectivity index (χ4n) is 3.56. The van der Waals surface area contributed by atoms with Crippen molar-refractivity contribution in [2.45, 2.75) is 83.1 Å². The predicted molar refractivity (Wildman–Crippen MR) is 111 cm³/mol. The molecular weight excluding hydrogens is 390 g/mol. The second kappa shape index (κ2) is 6.71. The molecule has 2 aliphatic rings. The normalized spacial score (nSPS) is 29.5. The van der Waals surface area contributed by atoms with Crippen LogP contribution in [-0.4, -0.2) is 58.8 Å². The third-order valence-electron chi connectivity index (χ3n) is 6.20. The molecule has 0 radical (unpaired) electrons. The van der Waals surface area contributed by atoms with E-state index in [9.17, 15) is 0 Å². The first kappa shape index (κ1) is 20.7. The Morgan fingerprint density at radius 2 is 1.90 bits per heavy atom. The number of nitrogen functional groups attached to an aromatic ring is 1. The molecule has 4 rings (SSSR count). The van der Waals surface area contributed by atoms with E-state index in [0.717, 1.165) is 0 Å². The molecule has 0 amide bonds. The molecule has 2 saturated heterocycles. The monoisotopic (exact) mass is 421 g/mol. The van der Waals surface area contributed by atoms with Gasteiger partial charge in [-0.1, -0.05) is 20.8 Å². The molecule has 2 fully saturated rings. The molecule has 10 heteroatoms. The third-order valence-corrected chi connectivity index (χ3v) is 10.7. The number of nitrogens with two attached hydrogens (primary N) is 1. The SMILES string of the molecule is CC1(C)O[C@@H]2[C@H](O1)[C@@H](CO[Si](C)(C)C(C)(C)C)O[C@H]2n1ncc2c(N)ncnc21. The van der Waals surface area contributed by atoms with E-state index in [2.05, 4.69) is 48.9 Å². The summed E-state index contributed by atoms with van der Waals surface area (Å²) < 4.78 is 26.9. The highest BCUT2D eigenvalue weighted by molar-refractivity contribution is 6.74. The van der Waals surface area contributed by atoms with Crippen molar-refractivity contribution >= 4 is 25.2 Å². The second-order valence-corrected chi connectivity index (χ2v) is 14.6. The summed E-state index contributed by atoms with van der Waals surface area (Å²) in [6, 6.07) is 0. The Morgan fingerprint density at radius 1 is 1.21 bits per heavy atom. The topological polar surface area (TPSA) is 107 Å². The summed E-state index contributed by atoms with van der Waals surface area (Å²) >= 11 is 0. The average Bonchev–Trinajstić information content (AvgIpc) is 3.24. The van der Waals surface area contributed by atoms with Crippen molar-refractivity contribution in [1.29, 1.82) is 0 Å². The summed E-state index contributed by atoms with van der Waals surface area (Å²) in [7, 11) is -1.93. The first-order chi connectivity index (χ1) is 13.4. The van der Waals surface area contributed by atoms with Crippen molar-refractivity contribution in [3.63, 3.8) is 0 Å². The minimum atomic E-state index is -1.93. The predicted octanol–water partition coefficient (Wildman–Crippen LogP) is 2.85. The van der Waals surface area contributed by atoms with Gasteiger partial charge in [0.2, 0.25) is 0 Å². The highest BCUT2D eigenvalue weighted by atomic mass is 28.4. The molecule has 2 aromatic rings. The van der Waals surface area contributed by atoms with E-state index in [1.807, 2.05) is 13.8 Å². The van der Waals surface area contributed by atoms with Crippen LogP contribution in [0.3, 0.4) is 0 Å². The zero-order valence-electron chi connectivity index (χ0n) is 18.2. The van der Waals surface area contributed by atoms with E-state index in [1.165, 1.54) is 6.33 Å². The van der Waals surface area contributed by atoms with Gasteiger partial charge in [-0.25, -0.2) is 14.6 Å². The number of hydrogen-bond acceptors (Lipinski definition) is 8. The van der Waals surface area contributed by atoms with E-state index >= 15 is 0 Å². The Hall–Kier alpha value is -1.59. The Bertz CT molecular complexity index is 910. The quantitative estimate of drug-likeness (QED) is 0.751. The van der Waals surface area contributed by atoms with Crippen molar-refractivity contribution in [2.75, 3.05) is 12.3 Å². The molecule has 2 aromatic heterocycles. The van der Waals surface area contributed by atoms with Crippen LogP contribution in [0.1, 0.15) is 40.8 Å². The number of rotatable bonds is 4. The van der Waals surface area contributed by atoms with Crippen molar-refractivity contribution < 1.29 is 18.6 Å². The van der Waals surface area contributed by atoms with Gasteiger partial charge in [0.05, 0.1) is 18.2 Å². The lowest BCUT2D eigenvalue weighted by molar-refractivity contribution is -0.200. The van der Waals surface area contributed by atoms with Crippen LogP contribution in [0.4, 0.5) is 5.82 Å². The smallest absolute Gasteiger partial charge is 0.192 e. The van der Waals surface area contributed by atoms with Gasteiger partial charge in [0.25, 0.3) is 0 Å². The number of anilines is 1. The maximum absolute atomic E-state index is 6.43. The number of aromatic nitrogens is 4. The average molecular weight is 422 g/mol. The van der Waals surface area contributed by atoms with Crippen molar-refractivity contribution in [3.8, 4) is 0 Å². The Morgan fingerprint density at radius 3 is 2.59 bits per heavy atom. The van der Waals surface area contributed by atoms with Gasteiger partial charge in [0.1, 0.15) is 30.5 Å². The lowest BCUT2D eigenvalue weighted by atomic mass is 10.1. The van der Waals surface area contributed by atoms with Crippen molar-refractivity contribution in [2.24, 2.45) is 0 Å². The molecule has 0 saturated carbocycles. The van der Waals surface area contributed by atoms with Crippen LogP contribution in [0, 0.1) is 0 Å². The van der Waals surface area contributed by atoms with E-state index in [-0.39, 0.29) is 23.4 Å². The van der Waals surface area contributed by atoms with E-state index in [1.54, 1.807) is 10.9 Å². The molecule has 0 bridgehead atoms. The van der Waals surface area contributed by atoms with E-state index in [0.29, 0.717) is 23.5 Å². The molecular formula is C19H31N5O4Si. The van der Waals surface area contributed by atoms with Crippen LogP contribution >= 0.6 is 0 Å². The zero-order valence-corrected chi connectivity index (χ0v) is 19.2. The summed E-state index contributed by atoms with van der Waals surface area (Å²) in [4.78, 5) is 8.38. The number of ether oxygens (including phenoxy) is 3. The summed E-state index contributed by atoms with van der Waals surface area (Å²) in [5.41, 5.74) is 6.58. The number of fused-ring (bicyclic) bond motifs is 2. The minimum Gasteiger partial charge on any atom is -0.414 e. The fourth-order valence-corrected chi connectivity index (χ4v) is 4.58. The largest absolute Gasteiger partial charge is 0.414 e. The lowest BCUT2D eigenvalue weighted by Gasteiger charge is -2.37. The van der Waals surface area contributed by atoms with Gasteiger partial charge < -0.3 is 24.4 Å². The highest BCUT2D eigenvalue weighted by Gasteiger charge is 2.57. The van der Waals surface area contributed by atoms with Gasteiger partial charge in [-0.3, -0.25) is 0 Å². The molecule has 0 spiro atoms. The Kier molecular flexibility index (Phi) is 4.78. The Balaban J connectivity index is 1.62. The summed E-state index contributed by atoms with van der Waals surface area (Å²) in [5, 5.41) is 5.27. The number of nitrogens with zero attached hydrogens (tertiary/aromatic N) is 4. The molecule has 0 aliphatic carbocycles. The summed E-state index contributed by atoms with van der Waals surface area (Å²) in [6.07, 6.45) is 1.76. The standard InChI is InChI=1S/C19H31N5O4Si/c1-18(2,3)29(6,7)25-9-12-13-14(28-19(4,5)27-13)17(26-12)24-16-11(8-23-24)15(20)21-10-22-16/h8,10,12-14,17H,9H2,1-7H3,(H2,20,21,22)/t12-,13-,14-,17-/m1/s1. The fraction of sp³-hybridized carbons (Fsp3) is 0.737. The van der Waals surface area contributed by atoms with Crippen LogP contribution < -0.4 is 5.73 Å². The van der Waals surface area contributed by atoms with Gasteiger partial charge in [-0.2, -0.15) is 5.10 Å². The first-order valence-electron chi connectivity index (χ1n) is 9.98. The lowest BCUT2D eigenvalue weighted by Crippen LogP contribution is -2.44. The van der Waals surface area contributed by atoms with Crippen LogP contribution in [-0.2, 0) is 18.6 Å². The molecule has 2 aliphatic heterocycles. The first-order valence-corrected chi connectivity index (χ1v) is 12.9. The molecule has 29 heavy (non-hydrogen) atoms. The molecule has 4 atom stereocenters. The van der Waals surface area contributed by atoms with Gasteiger partial charge in [-0.15, -0.1) is 0 Å². The van der Waals surface area contributed by atoms with Crippen LogP contribution in [0.25, 0.3) is 11.0 Å². The Labute approximate surface area is 172 Å². The van der Waals surface area contributed by atoms with Crippen molar-refractivity contribution in [3.05, 3.63) is 12.5 Å². The maximum Gasteiger partial charge on any atom is 0.192 e. The van der Waals surface area contributed by atoms with E-state index in [4.69, 9.17) is 24.4 Å². The molecule has 160 valence electrons. The third kappa shape index (κ3) is 3.57. The molecule has 0 unspecified atom stereocenters. The zero-order chi connectivity index (χ0) is 21.2. The maximum atomic E-state index is 6.43. The van der Waals surface area contributed by atoms with Crippen molar-refractivity contribution in [1.82, 2.24) is 19.7 Å². The minimum absolute atomic E-state index is 0.114. The van der Waals surface area contributed by atoms with Gasteiger partial charge in [0.15, 0.2) is 26.0 Å². The molecule has 4 heterocycles. The second-order valence-electron chi connectivity index (χ2n) is 9.79. The van der Waals surface area contributed by atoms with Crippen LogP contribution in [0.2, 0.25) is 18.1 Å². The van der Waals surface area contributed by atoms with E-state index < -0.39 is 20.3 Å². The molecule has 9 nitrogen and oxygen atoms in total. The number of hydrogen-bond donors (Lipinski definition) is 1. The summed E-state index contributed by atoms with van der Waals surface area (Å²) in [5.74, 6) is -0.318. The van der Waals surface area contributed by atoms with Gasteiger partial charge in [0, 0.05) is 0 Å². The summed E-state index contributed by atoms with van der Waals surface area (Å²) in [6.45, 7) is 15.4.